The van der Waals surface area contributed by atoms with E-state index in [9.17, 15) is 4.79 Å². The highest BCUT2D eigenvalue weighted by Gasteiger charge is 2.18. The van der Waals surface area contributed by atoms with Gasteiger partial charge in [0.2, 0.25) is 0 Å². The third-order valence-corrected chi connectivity index (χ3v) is 4.77. The zero-order chi connectivity index (χ0) is 17.1. The summed E-state index contributed by atoms with van der Waals surface area (Å²) in [5, 5.41) is 14.4. The van der Waals surface area contributed by atoms with E-state index in [-0.39, 0.29) is 5.91 Å². The van der Waals surface area contributed by atoms with E-state index >= 15 is 0 Å². The molecule has 1 unspecified atom stereocenters. The van der Waals surface area contributed by atoms with Gasteiger partial charge < -0.3 is 10.6 Å². The predicted octanol–water partition coefficient (Wildman–Crippen LogP) is 2.04. The molecule has 1 aromatic carbocycles. The van der Waals surface area contributed by atoms with Crippen molar-refractivity contribution in [2.75, 3.05) is 13.1 Å². The number of aromatic amines is 1. The number of H-pyrrole nitrogens is 1. The number of nitrogens with one attached hydrogen (secondary N) is 3. The Morgan fingerprint density at radius 3 is 3.04 bits per heavy atom. The topological polar surface area (TPSA) is 82.7 Å². The molecular formula is C19H21N5O. The summed E-state index contributed by atoms with van der Waals surface area (Å²) in [5.41, 5.74) is 3.41. The Kier molecular flexibility index (Phi) is 4.43. The summed E-state index contributed by atoms with van der Waals surface area (Å²) in [6, 6.07) is 11.7. The molecule has 1 amide bonds. The molecule has 2 aromatic heterocycles. The lowest BCUT2D eigenvalue weighted by atomic mass is 9.94. The molecule has 1 fully saturated rings. The van der Waals surface area contributed by atoms with E-state index in [1.165, 1.54) is 6.42 Å². The highest BCUT2D eigenvalue weighted by atomic mass is 16.1. The maximum absolute atomic E-state index is 12.7. The van der Waals surface area contributed by atoms with Crippen molar-refractivity contribution in [1.82, 2.24) is 25.8 Å². The minimum absolute atomic E-state index is 0.0480. The first-order valence-corrected chi connectivity index (χ1v) is 8.66. The van der Waals surface area contributed by atoms with Crippen LogP contribution in [-0.4, -0.2) is 34.2 Å². The summed E-state index contributed by atoms with van der Waals surface area (Å²) in [4.78, 5) is 16.9. The quantitative estimate of drug-likeness (QED) is 0.666. The molecule has 6 nitrogen and oxygen atoms in total. The number of hydrogen-bond acceptors (Lipinski definition) is 4. The summed E-state index contributed by atoms with van der Waals surface area (Å²) in [6.07, 6.45) is 3.82. The Morgan fingerprint density at radius 2 is 2.16 bits per heavy atom. The number of fused-ring (bicyclic) bond motifs is 1. The van der Waals surface area contributed by atoms with Crippen molar-refractivity contribution in [3.8, 4) is 0 Å². The first-order chi connectivity index (χ1) is 12.3. The third-order valence-electron chi connectivity index (χ3n) is 4.77. The van der Waals surface area contributed by atoms with Gasteiger partial charge in [-0.05, 0) is 55.6 Å². The van der Waals surface area contributed by atoms with Crippen molar-refractivity contribution in [3.63, 3.8) is 0 Å². The molecule has 0 aliphatic carbocycles. The number of carbonyl (C=O) groups excluding carboxylic acids is 1. The smallest absolute Gasteiger partial charge is 0.251 e. The molecule has 128 valence electrons. The van der Waals surface area contributed by atoms with Crippen LogP contribution in [0, 0.1) is 5.92 Å². The summed E-state index contributed by atoms with van der Waals surface area (Å²) >= 11 is 0. The molecule has 0 radical (unpaired) electrons. The van der Waals surface area contributed by atoms with E-state index in [0.29, 0.717) is 18.1 Å². The molecule has 1 atom stereocenters. The third kappa shape index (κ3) is 3.39. The van der Waals surface area contributed by atoms with Gasteiger partial charge in [-0.15, -0.1) is 0 Å². The molecule has 4 rings (SSSR count). The van der Waals surface area contributed by atoms with E-state index in [2.05, 4.69) is 31.9 Å². The van der Waals surface area contributed by atoms with Gasteiger partial charge in [0, 0.05) is 17.1 Å². The monoisotopic (exact) mass is 335 g/mol. The number of aromatic nitrogens is 3. The lowest BCUT2D eigenvalue weighted by molar-refractivity contribution is 0.0949. The standard InChI is InChI=1S/C19H21N5O/c25-19(22-12-17-16-6-3-8-21-18(16)24-23-17)15-5-2-1-4-14(15)10-13-7-9-20-11-13/h1-6,8,13,20H,7,9-12H2,(H,22,25)(H,21,23,24). The van der Waals surface area contributed by atoms with Gasteiger partial charge in [-0.25, -0.2) is 4.98 Å². The van der Waals surface area contributed by atoms with Crippen LogP contribution in [0.5, 0.6) is 0 Å². The highest BCUT2D eigenvalue weighted by molar-refractivity contribution is 5.95. The largest absolute Gasteiger partial charge is 0.346 e. The molecule has 3 aromatic rings. The van der Waals surface area contributed by atoms with E-state index < -0.39 is 0 Å². The minimum Gasteiger partial charge on any atom is -0.346 e. The van der Waals surface area contributed by atoms with Crippen molar-refractivity contribution in [3.05, 3.63) is 59.4 Å². The zero-order valence-electron chi connectivity index (χ0n) is 14.0. The molecule has 1 saturated heterocycles. The van der Waals surface area contributed by atoms with Gasteiger partial charge in [-0.1, -0.05) is 18.2 Å². The molecule has 6 heteroatoms. The zero-order valence-corrected chi connectivity index (χ0v) is 14.0. The first-order valence-electron chi connectivity index (χ1n) is 8.66. The number of benzene rings is 1. The van der Waals surface area contributed by atoms with Crippen molar-refractivity contribution in [2.24, 2.45) is 5.92 Å². The fourth-order valence-corrected chi connectivity index (χ4v) is 3.42. The number of rotatable bonds is 5. The maximum Gasteiger partial charge on any atom is 0.251 e. The van der Waals surface area contributed by atoms with Crippen LogP contribution in [0.25, 0.3) is 11.0 Å². The molecule has 0 spiro atoms. The second-order valence-corrected chi connectivity index (χ2v) is 6.48. The minimum atomic E-state index is -0.0480. The van der Waals surface area contributed by atoms with E-state index in [1.54, 1.807) is 6.20 Å². The fourth-order valence-electron chi connectivity index (χ4n) is 3.42. The van der Waals surface area contributed by atoms with Gasteiger partial charge in [0.25, 0.3) is 5.91 Å². The fraction of sp³-hybridized carbons (Fsp3) is 0.316. The normalized spacial score (nSPS) is 17.0. The molecule has 0 bridgehead atoms. The van der Waals surface area contributed by atoms with Crippen LogP contribution >= 0.6 is 0 Å². The summed E-state index contributed by atoms with van der Waals surface area (Å²) in [5.74, 6) is 0.560. The van der Waals surface area contributed by atoms with Crippen molar-refractivity contribution in [2.45, 2.75) is 19.4 Å². The number of pyridine rings is 1. The predicted molar refractivity (Wildman–Crippen MR) is 96.2 cm³/mol. The average Bonchev–Trinajstić information content (AvgIpc) is 3.30. The number of nitrogens with zero attached hydrogens (tertiary/aromatic N) is 2. The van der Waals surface area contributed by atoms with Crippen LogP contribution in [0.15, 0.2) is 42.6 Å². The average molecular weight is 335 g/mol. The molecule has 25 heavy (non-hydrogen) atoms. The lowest BCUT2D eigenvalue weighted by Gasteiger charge is -2.13. The summed E-state index contributed by atoms with van der Waals surface area (Å²) < 4.78 is 0. The Morgan fingerprint density at radius 1 is 1.24 bits per heavy atom. The van der Waals surface area contributed by atoms with Gasteiger partial charge >= 0.3 is 0 Å². The van der Waals surface area contributed by atoms with Gasteiger partial charge in [0.05, 0.1) is 12.2 Å². The SMILES string of the molecule is O=C(NCc1[nH]nc2ncccc12)c1ccccc1CC1CCNC1. The Hall–Kier alpha value is -2.73. The van der Waals surface area contributed by atoms with Crippen LogP contribution in [-0.2, 0) is 13.0 Å². The molecular weight excluding hydrogens is 314 g/mol. The Bertz CT molecular complexity index is 882. The van der Waals surface area contributed by atoms with Crippen LogP contribution in [0.1, 0.15) is 28.0 Å². The molecule has 1 aliphatic heterocycles. The van der Waals surface area contributed by atoms with E-state index in [4.69, 9.17) is 0 Å². The second-order valence-electron chi connectivity index (χ2n) is 6.48. The summed E-state index contributed by atoms with van der Waals surface area (Å²) in [7, 11) is 0. The van der Waals surface area contributed by atoms with E-state index in [0.717, 1.165) is 41.7 Å². The van der Waals surface area contributed by atoms with Crippen LogP contribution < -0.4 is 10.6 Å². The highest BCUT2D eigenvalue weighted by Crippen LogP contribution is 2.19. The van der Waals surface area contributed by atoms with Gasteiger partial charge in [0.15, 0.2) is 5.65 Å². The van der Waals surface area contributed by atoms with Crippen LogP contribution in [0.4, 0.5) is 0 Å². The molecule has 3 heterocycles. The van der Waals surface area contributed by atoms with Gasteiger partial charge in [-0.3, -0.25) is 9.89 Å². The lowest BCUT2D eigenvalue weighted by Crippen LogP contribution is -2.25. The van der Waals surface area contributed by atoms with Crippen molar-refractivity contribution >= 4 is 16.9 Å². The number of amides is 1. The van der Waals surface area contributed by atoms with Gasteiger partial charge in [0.1, 0.15) is 0 Å². The van der Waals surface area contributed by atoms with Gasteiger partial charge in [-0.2, -0.15) is 5.10 Å². The van der Waals surface area contributed by atoms with Crippen LogP contribution in [0.2, 0.25) is 0 Å². The van der Waals surface area contributed by atoms with Crippen LogP contribution in [0.3, 0.4) is 0 Å². The van der Waals surface area contributed by atoms with Crippen molar-refractivity contribution in [1.29, 1.82) is 0 Å². The van der Waals surface area contributed by atoms with Crippen molar-refractivity contribution < 1.29 is 4.79 Å². The maximum atomic E-state index is 12.7. The Labute approximate surface area is 146 Å². The molecule has 0 saturated carbocycles. The first kappa shape index (κ1) is 15.8. The molecule has 3 N–H and O–H groups in total. The molecule has 1 aliphatic rings. The summed E-state index contributed by atoms with van der Waals surface area (Å²) in [6.45, 7) is 2.50. The Balaban J connectivity index is 1.47. The number of hydrogen-bond donors (Lipinski definition) is 3. The number of carbonyl (C=O) groups is 1. The second kappa shape index (κ2) is 7.03. The van der Waals surface area contributed by atoms with E-state index in [1.807, 2.05) is 30.3 Å².